The van der Waals surface area contributed by atoms with E-state index in [2.05, 4.69) is 19.2 Å². The molecule has 0 amide bonds. The number of nitrogen functional groups attached to an aromatic ring is 2. The molecule has 0 saturated heterocycles. The van der Waals surface area contributed by atoms with E-state index in [1.807, 2.05) is 30.3 Å². The van der Waals surface area contributed by atoms with E-state index in [1.165, 1.54) is 6.07 Å². The van der Waals surface area contributed by atoms with Gasteiger partial charge in [0.25, 0.3) is 0 Å². The molecule has 0 aliphatic rings. The fourth-order valence-corrected chi connectivity index (χ4v) is 2.87. The smallest absolute Gasteiger partial charge is 0.181 e. The molecule has 5 nitrogen and oxygen atoms in total. The third kappa shape index (κ3) is 5.32. The molecule has 7 N–H and O–H groups in total. The molecule has 0 aliphatic heterocycles. The zero-order chi connectivity index (χ0) is 21.4. The second kappa shape index (κ2) is 9.90. The first-order valence-electron chi connectivity index (χ1n) is 9.10. The lowest BCUT2D eigenvalue weighted by Crippen LogP contribution is -1.94. The van der Waals surface area contributed by atoms with Gasteiger partial charge in [0.2, 0.25) is 0 Å². The van der Waals surface area contributed by atoms with Crippen LogP contribution in [0.15, 0.2) is 73.8 Å². The van der Waals surface area contributed by atoms with Gasteiger partial charge in [-0.25, -0.2) is 0 Å². The van der Waals surface area contributed by atoms with Gasteiger partial charge in [-0.15, -0.1) is 13.2 Å². The molecule has 150 valence electrons. The maximum atomic E-state index is 9.79. The summed E-state index contributed by atoms with van der Waals surface area (Å²) in [6.07, 6.45) is 5.75. The summed E-state index contributed by atoms with van der Waals surface area (Å²) in [5, 5.41) is 28.6. The minimum Gasteiger partial charge on any atom is -0.508 e. The number of benzene rings is 3. The minimum absolute atomic E-state index is 0.117. The number of anilines is 2. The third-order valence-electron chi connectivity index (χ3n) is 4.43. The SMILES string of the molecule is C=C.Nc1cc(-c2ccc(O)c(O)c2N)ccc1/C=C/CCc1ccc(O)cc1. The number of aryl methyl sites for hydroxylation is 1. The summed E-state index contributed by atoms with van der Waals surface area (Å²) < 4.78 is 0. The molecule has 0 fully saturated rings. The van der Waals surface area contributed by atoms with E-state index in [4.69, 9.17) is 11.5 Å². The molecule has 0 heterocycles. The van der Waals surface area contributed by atoms with Crippen molar-refractivity contribution < 1.29 is 15.3 Å². The van der Waals surface area contributed by atoms with Crippen LogP contribution < -0.4 is 11.5 Å². The fraction of sp³-hybridized carbons (Fsp3) is 0.0833. The van der Waals surface area contributed by atoms with E-state index >= 15 is 0 Å². The Hall–Kier alpha value is -3.86. The molecule has 0 atom stereocenters. The molecule has 0 aliphatic carbocycles. The van der Waals surface area contributed by atoms with Crippen molar-refractivity contribution in [2.75, 3.05) is 11.5 Å². The Balaban J connectivity index is 0.00000145. The Labute approximate surface area is 170 Å². The second-order valence-corrected chi connectivity index (χ2v) is 6.35. The van der Waals surface area contributed by atoms with E-state index in [0.717, 1.165) is 29.5 Å². The van der Waals surface area contributed by atoms with Gasteiger partial charge in [0.05, 0.1) is 5.69 Å². The van der Waals surface area contributed by atoms with Crippen molar-refractivity contribution in [3.8, 4) is 28.4 Å². The standard InChI is InChI=1S/C22H22N2O3.C2H4/c23-19-13-16(18-11-12-20(26)22(27)21(18)24)8-7-15(19)4-2-1-3-14-5-9-17(25)10-6-14;1-2/h2,4-13,25-27H,1,3,23-24H2;1-2H2/b4-2+;. The highest BCUT2D eigenvalue weighted by atomic mass is 16.3. The van der Waals surface area contributed by atoms with Gasteiger partial charge >= 0.3 is 0 Å². The molecule has 0 unspecified atom stereocenters. The Kier molecular flexibility index (Phi) is 7.32. The zero-order valence-electron chi connectivity index (χ0n) is 16.2. The van der Waals surface area contributed by atoms with Crippen molar-refractivity contribution in [3.63, 3.8) is 0 Å². The summed E-state index contributed by atoms with van der Waals surface area (Å²) in [6, 6.07) is 15.8. The molecule has 3 aromatic carbocycles. The average molecular weight is 390 g/mol. The molecule has 5 heteroatoms. The largest absolute Gasteiger partial charge is 0.508 e. The fourth-order valence-electron chi connectivity index (χ4n) is 2.87. The van der Waals surface area contributed by atoms with Gasteiger partial charge in [-0.2, -0.15) is 0 Å². The van der Waals surface area contributed by atoms with Gasteiger partial charge < -0.3 is 26.8 Å². The van der Waals surface area contributed by atoms with E-state index < -0.39 is 0 Å². The number of nitrogens with two attached hydrogens (primary N) is 2. The predicted octanol–water partition coefficient (Wildman–Crippen LogP) is 5.08. The minimum atomic E-state index is -0.329. The average Bonchev–Trinajstić information content (AvgIpc) is 2.73. The Morgan fingerprint density at radius 3 is 2.21 bits per heavy atom. The molecule has 0 bridgehead atoms. The second-order valence-electron chi connectivity index (χ2n) is 6.35. The maximum Gasteiger partial charge on any atom is 0.181 e. The lowest BCUT2D eigenvalue weighted by atomic mass is 9.99. The van der Waals surface area contributed by atoms with Crippen LogP contribution in [0.25, 0.3) is 17.2 Å². The van der Waals surface area contributed by atoms with Gasteiger partial charge in [-0.1, -0.05) is 36.4 Å². The Bertz CT molecular complexity index is 996. The maximum absolute atomic E-state index is 9.79. The molecule has 0 radical (unpaired) electrons. The van der Waals surface area contributed by atoms with Crippen LogP contribution in [-0.4, -0.2) is 15.3 Å². The predicted molar refractivity (Wildman–Crippen MR) is 121 cm³/mol. The summed E-state index contributed by atoms with van der Waals surface area (Å²) in [7, 11) is 0. The Morgan fingerprint density at radius 2 is 1.55 bits per heavy atom. The van der Waals surface area contributed by atoms with Gasteiger partial charge in [-0.05, 0) is 59.9 Å². The highest BCUT2D eigenvalue weighted by Crippen LogP contribution is 2.39. The first kappa shape index (κ1) is 21.4. The van der Waals surface area contributed by atoms with Crippen LogP contribution >= 0.6 is 0 Å². The van der Waals surface area contributed by atoms with Crippen LogP contribution in [-0.2, 0) is 6.42 Å². The summed E-state index contributed by atoms with van der Waals surface area (Å²) in [5.41, 5.74) is 16.2. The molecule has 0 aromatic heterocycles. The molecule has 3 aromatic rings. The summed E-state index contributed by atoms with van der Waals surface area (Å²) in [6.45, 7) is 6.00. The topological polar surface area (TPSA) is 113 Å². The van der Waals surface area contributed by atoms with Gasteiger partial charge in [-0.3, -0.25) is 0 Å². The first-order valence-corrected chi connectivity index (χ1v) is 9.10. The highest BCUT2D eigenvalue weighted by Gasteiger charge is 2.11. The molecular formula is C24H26N2O3. The van der Waals surface area contributed by atoms with Crippen molar-refractivity contribution in [1.82, 2.24) is 0 Å². The van der Waals surface area contributed by atoms with Crippen molar-refractivity contribution in [2.45, 2.75) is 12.8 Å². The van der Waals surface area contributed by atoms with Crippen LogP contribution in [0.1, 0.15) is 17.5 Å². The number of hydrogen-bond acceptors (Lipinski definition) is 5. The number of allylic oxidation sites excluding steroid dienone is 1. The van der Waals surface area contributed by atoms with Crippen molar-refractivity contribution in [1.29, 1.82) is 0 Å². The van der Waals surface area contributed by atoms with Gasteiger partial charge in [0.15, 0.2) is 11.5 Å². The van der Waals surface area contributed by atoms with E-state index in [0.29, 0.717) is 11.3 Å². The normalized spacial score (nSPS) is 10.5. The number of phenols is 3. The quantitative estimate of drug-likeness (QED) is 0.237. The summed E-state index contributed by atoms with van der Waals surface area (Å²) >= 11 is 0. The zero-order valence-corrected chi connectivity index (χ0v) is 16.2. The van der Waals surface area contributed by atoms with E-state index in [-0.39, 0.29) is 22.9 Å². The lowest BCUT2D eigenvalue weighted by molar-refractivity contribution is 0.406. The molecule has 0 spiro atoms. The van der Waals surface area contributed by atoms with Crippen LogP contribution in [0, 0.1) is 0 Å². The number of rotatable bonds is 5. The highest BCUT2D eigenvalue weighted by molar-refractivity contribution is 5.84. The van der Waals surface area contributed by atoms with E-state index in [1.54, 1.807) is 24.3 Å². The number of aromatic hydroxyl groups is 3. The number of phenolic OH excluding ortho intramolecular Hbond substituents is 3. The Morgan fingerprint density at radius 1 is 0.862 bits per heavy atom. The molecule has 0 saturated carbocycles. The molecule has 29 heavy (non-hydrogen) atoms. The summed E-state index contributed by atoms with van der Waals surface area (Å²) in [5.74, 6) is -0.314. The van der Waals surface area contributed by atoms with Crippen LogP contribution in [0.3, 0.4) is 0 Å². The van der Waals surface area contributed by atoms with Crippen LogP contribution in [0.4, 0.5) is 11.4 Å². The first-order chi connectivity index (χ1) is 14.0. The molecule has 3 rings (SSSR count). The summed E-state index contributed by atoms with van der Waals surface area (Å²) in [4.78, 5) is 0. The number of hydrogen-bond donors (Lipinski definition) is 5. The lowest BCUT2D eigenvalue weighted by Gasteiger charge is -2.10. The molecular weight excluding hydrogens is 364 g/mol. The van der Waals surface area contributed by atoms with Crippen molar-refractivity contribution in [3.05, 3.63) is 85.0 Å². The third-order valence-corrected chi connectivity index (χ3v) is 4.43. The van der Waals surface area contributed by atoms with Gasteiger partial charge in [0, 0.05) is 11.3 Å². The van der Waals surface area contributed by atoms with Crippen LogP contribution in [0.5, 0.6) is 17.2 Å². The van der Waals surface area contributed by atoms with E-state index in [9.17, 15) is 15.3 Å². The van der Waals surface area contributed by atoms with Crippen LogP contribution in [0.2, 0.25) is 0 Å². The van der Waals surface area contributed by atoms with Crippen molar-refractivity contribution in [2.24, 2.45) is 0 Å². The monoisotopic (exact) mass is 390 g/mol. The van der Waals surface area contributed by atoms with Gasteiger partial charge in [0.1, 0.15) is 5.75 Å². The van der Waals surface area contributed by atoms with Crippen molar-refractivity contribution >= 4 is 17.5 Å².